The first-order valence-corrected chi connectivity index (χ1v) is 7.18. The van der Waals surface area contributed by atoms with Crippen molar-refractivity contribution in [2.24, 2.45) is 5.73 Å². The zero-order valence-corrected chi connectivity index (χ0v) is 12.1. The van der Waals surface area contributed by atoms with Crippen LogP contribution in [0.3, 0.4) is 0 Å². The molecule has 0 bridgehead atoms. The van der Waals surface area contributed by atoms with Crippen molar-refractivity contribution in [2.45, 2.75) is 50.7 Å². The third kappa shape index (κ3) is 4.27. The minimum Gasteiger partial charge on any atom is -0.368 e. The number of nitrogens with one attached hydrogen (secondary N) is 4. The second-order valence-electron chi connectivity index (χ2n) is 5.31. The van der Waals surface area contributed by atoms with Crippen LogP contribution in [0.1, 0.15) is 31.9 Å². The molecule has 0 aromatic carbocycles. The number of nitrogens with zero attached hydrogens (tertiary/aromatic N) is 1. The Morgan fingerprint density at radius 1 is 1.52 bits per heavy atom. The molecule has 0 aliphatic carbocycles. The highest BCUT2D eigenvalue weighted by Gasteiger charge is 2.30. The molecule has 2 rings (SSSR count). The van der Waals surface area contributed by atoms with Crippen LogP contribution in [0.5, 0.6) is 0 Å². The van der Waals surface area contributed by atoms with Crippen molar-refractivity contribution in [2.75, 3.05) is 0 Å². The van der Waals surface area contributed by atoms with Crippen molar-refractivity contribution in [3.05, 3.63) is 18.2 Å². The standard InChI is InChI=1S/C13H22N6O2/c1-2-3-8-4-11(19-18-8)13(21)17-10(12(14)20)5-9-6-15-7-16-9/h6-8,10-11,18-19H,2-5H2,1H3,(H2,14,20)(H,15,16)(H,17,21)/t8?,10-,11?/m0/s1. The van der Waals surface area contributed by atoms with Gasteiger partial charge in [-0.2, -0.15) is 0 Å². The smallest absolute Gasteiger partial charge is 0.240 e. The summed E-state index contributed by atoms with van der Waals surface area (Å²) in [5.74, 6) is -0.779. The number of H-pyrrole nitrogens is 1. The third-order valence-electron chi connectivity index (χ3n) is 3.57. The number of rotatable bonds is 7. The van der Waals surface area contributed by atoms with Gasteiger partial charge in [-0.15, -0.1) is 0 Å². The van der Waals surface area contributed by atoms with Gasteiger partial charge in [-0.3, -0.25) is 15.0 Å². The summed E-state index contributed by atoms with van der Waals surface area (Å²) in [6.07, 6.45) is 6.19. The van der Waals surface area contributed by atoms with Crippen LogP contribution in [0.15, 0.2) is 12.5 Å². The molecule has 116 valence electrons. The number of aromatic amines is 1. The van der Waals surface area contributed by atoms with Gasteiger partial charge in [-0.05, 0) is 12.8 Å². The minimum atomic E-state index is -0.745. The Bertz CT molecular complexity index is 475. The average molecular weight is 294 g/mol. The second kappa shape index (κ2) is 7.19. The highest BCUT2D eigenvalue weighted by Crippen LogP contribution is 2.10. The zero-order valence-electron chi connectivity index (χ0n) is 12.1. The first kappa shape index (κ1) is 15.5. The lowest BCUT2D eigenvalue weighted by Gasteiger charge is -2.17. The summed E-state index contributed by atoms with van der Waals surface area (Å²) in [7, 11) is 0. The second-order valence-corrected chi connectivity index (χ2v) is 5.31. The van der Waals surface area contributed by atoms with Gasteiger partial charge in [0.05, 0.1) is 6.33 Å². The molecular weight excluding hydrogens is 272 g/mol. The number of nitrogens with two attached hydrogens (primary N) is 1. The quantitative estimate of drug-likeness (QED) is 0.439. The Labute approximate surface area is 123 Å². The van der Waals surface area contributed by atoms with Crippen LogP contribution in [0.4, 0.5) is 0 Å². The molecule has 1 aliphatic heterocycles. The number of hydrazine groups is 1. The van der Waals surface area contributed by atoms with E-state index in [2.05, 4.69) is 33.1 Å². The molecule has 1 aliphatic rings. The molecule has 3 atom stereocenters. The Morgan fingerprint density at radius 3 is 2.95 bits per heavy atom. The highest BCUT2D eigenvalue weighted by atomic mass is 16.2. The predicted molar refractivity (Wildman–Crippen MR) is 76.8 cm³/mol. The van der Waals surface area contributed by atoms with Gasteiger partial charge in [-0.1, -0.05) is 13.3 Å². The fourth-order valence-corrected chi connectivity index (χ4v) is 2.44. The molecule has 0 radical (unpaired) electrons. The molecule has 6 N–H and O–H groups in total. The monoisotopic (exact) mass is 294 g/mol. The molecule has 1 saturated heterocycles. The predicted octanol–water partition coefficient (Wildman–Crippen LogP) is -1.04. The van der Waals surface area contributed by atoms with Crippen LogP contribution < -0.4 is 21.9 Å². The van der Waals surface area contributed by atoms with E-state index in [1.165, 1.54) is 6.33 Å². The Balaban J connectivity index is 1.88. The van der Waals surface area contributed by atoms with Gasteiger partial charge in [0, 0.05) is 24.4 Å². The molecule has 21 heavy (non-hydrogen) atoms. The molecule has 1 fully saturated rings. The molecule has 1 aromatic rings. The molecule has 2 unspecified atom stereocenters. The van der Waals surface area contributed by atoms with Crippen LogP contribution >= 0.6 is 0 Å². The number of hydrogen-bond donors (Lipinski definition) is 5. The van der Waals surface area contributed by atoms with Crippen LogP contribution in [0.25, 0.3) is 0 Å². The van der Waals surface area contributed by atoms with Gasteiger partial charge in [0.1, 0.15) is 12.1 Å². The summed E-state index contributed by atoms with van der Waals surface area (Å²) < 4.78 is 0. The first-order chi connectivity index (χ1) is 10.1. The number of amides is 2. The van der Waals surface area contributed by atoms with E-state index in [4.69, 9.17) is 5.73 Å². The van der Waals surface area contributed by atoms with Crippen LogP contribution in [-0.4, -0.2) is 39.9 Å². The lowest BCUT2D eigenvalue weighted by Crippen LogP contribution is -2.52. The van der Waals surface area contributed by atoms with Gasteiger partial charge in [0.25, 0.3) is 0 Å². The Morgan fingerprint density at radius 2 is 2.33 bits per heavy atom. The SMILES string of the molecule is CCCC1CC(C(=O)N[C@@H](Cc2cnc[nH]2)C(N)=O)NN1. The van der Waals surface area contributed by atoms with Gasteiger partial charge in [0.2, 0.25) is 11.8 Å². The lowest BCUT2D eigenvalue weighted by molar-refractivity contribution is -0.128. The third-order valence-corrected chi connectivity index (χ3v) is 3.57. The van der Waals surface area contributed by atoms with E-state index in [9.17, 15) is 9.59 Å². The largest absolute Gasteiger partial charge is 0.368 e. The average Bonchev–Trinajstić information content (AvgIpc) is 3.09. The molecule has 0 spiro atoms. The van der Waals surface area contributed by atoms with E-state index in [0.29, 0.717) is 12.8 Å². The van der Waals surface area contributed by atoms with E-state index in [0.717, 1.165) is 18.5 Å². The van der Waals surface area contributed by atoms with Crippen molar-refractivity contribution in [3.8, 4) is 0 Å². The lowest BCUT2D eigenvalue weighted by atomic mass is 10.0. The molecule has 1 aromatic heterocycles. The van der Waals surface area contributed by atoms with Crippen molar-refractivity contribution in [3.63, 3.8) is 0 Å². The topological polar surface area (TPSA) is 125 Å². The fraction of sp³-hybridized carbons (Fsp3) is 0.615. The number of carbonyl (C=O) groups excluding carboxylic acids is 2. The first-order valence-electron chi connectivity index (χ1n) is 7.18. The number of aromatic nitrogens is 2. The van der Waals surface area contributed by atoms with Crippen LogP contribution in [0.2, 0.25) is 0 Å². The molecule has 0 saturated carbocycles. The molecule has 2 amide bonds. The number of hydrogen-bond acceptors (Lipinski definition) is 5. The van der Waals surface area contributed by atoms with E-state index in [-0.39, 0.29) is 18.0 Å². The van der Waals surface area contributed by atoms with Gasteiger partial charge in [-0.25, -0.2) is 10.4 Å². The maximum atomic E-state index is 12.2. The zero-order chi connectivity index (χ0) is 15.2. The van der Waals surface area contributed by atoms with Gasteiger partial charge in [0.15, 0.2) is 0 Å². The summed E-state index contributed by atoms with van der Waals surface area (Å²) in [5.41, 5.74) is 12.2. The van der Waals surface area contributed by atoms with E-state index >= 15 is 0 Å². The summed E-state index contributed by atoms with van der Waals surface area (Å²) in [4.78, 5) is 30.4. The van der Waals surface area contributed by atoms with Crippen molar-refractivity contribution in [1.82, 2.24) is 26.1 Å². The molecule has 2 heterocycles. The minimum absolute atomic E-state index is 0.218. The normalized spacial score (nSPS) is 22.9. The summed E-state index contributed by atoms with van der Waals surface area (Å²) in [6.45, 7) is 2.10. The van der Waals surface area contributed by atoms with Crippen molar-refractivity contribution in [1.29, 1.82) is 0 Å². The highest BCUT2D eigenvalue weighted by molar-refractivity contribution is 5.89. The molecule has 8 heteroatoms. The van der Waals surface area contributed by atoms with E-state index in [1.807, 2.05) is 0 Å². The summed E-state index contributed by atoms with van der Waals surface area (Å²) in [6, 6.07) is -0.805. The van der Waals surface area contributed by atoms with E-state index in [1.54, 1.807) is 6.20 Å². The summed E-state index contributed by atoms with van der Waals surface area (Å²) >= 11 is 0. The van der Waals surface area contributed by atoms with Gasteiger partial charge >= 0.3 is 0 Å². The van der Waals surface area contributed by atoms with Gasteiger partial charge < -0.3 is 16.0 Å². The number of carbonyl (C=O) groups is 2. The van der Waals surface area contributed by atoms with E-state index < -0.39 is 11.9 Å². The maximum absolute atomic E-state index is 12.2. The Kier molecular flexibility index (Phi) is 5.29. The fourth-order valence-electron chi connectivity index (χ4n) is 2.44. The maximum Gasteiger partial charge on any atom is 0.240 e. The van der Waals surface area contributed by atoms with Crippen LogP contribution in [-0.2, 0) is 16.0 Å². The molecular formula is C13H22N6O2. The number of primary amides is 1. The van der Waals surface area contributed by atoms with Crippen molar-refractivity contribution < 1.29 is 9.59 Å². The Hall–Kier alpha value is -1.93. The van der Waals surface area contributed by atoms with Crippen molar-refractivity contribution >= 4 is 11.8 Å². The van der Waals surface area contributed by atoms with Crippen LogP contribution in [0, 0.1) is 0 Å². The molecule has 8 nitrogen and oxygen atoms in total. The number of imidazole rings is 1. The summed E-state index contributed by atoms with van der Waals surface area (Å²) in [5, 5.41) is 2.70.